The molecule has 0 aromatic carbocycles. The first-order valence-corrected chi connectivity index (χ1v) is 4.52. The van der Waals surface area contributed by atoms with Crippen molar-refractivity contribution in [1.82, 2.24) is 0 Å². The summed E-state index contributed by atoms with van der Waals surface area (Å²) in [4.78, 5) is 0. The van der Waals surface area contributed by atoms with Crippen LogP contribution in [0.2, 0.25) is 0 Å². The summed E-state index contributed by atoms with van der Waals surface area (Å²) >= 11 is 0. The van der Waals surface area contributed by atoms with Crippen LogP contribution in [0, 0.1) is 0 Å². The van der Waals surface area contributed by atoms with Gasteiger partial charge in [0.25, 0.3) is 0 Å². The third kappa shape index (κ3) is 12.1. The van der Waals surface area contributed by atoms with Crippen LogP contribution in [-0.4, -0.2) is 56.6 Å². The number of aliphatic hydroxyl groups excluding tert-OH is 1. The van der Waals surface area contributed by atoms with Crippen molar-refractivity contribution in [1.29, 1.82) is 0 Å². The molecule has 0 saturated heterocycles. The molecule has 0 aromatic rings. The van der Waals surface area contributed by atoms with Crippen LogP contribution in [0.5, 0.6) is 0 Å². The van der Waals surface area contributed by atoms with Crippen molar-refractivity contribution in [2.75, 3.05) is 40.9 Å². The van der Waals surface area contributed by atoms with E-state index < -0.39 is 0 Å². The average Bonchev–Trinajstić information content (AvgIpc) is 1.81. The lowest BCUT2D eigenvalue weighted by atomic mass is 10.3. The molecular formula is C10H22BrNO2. The molecule has 0 aliphatic carbocycles. The maximum absolute atomic E-state index is 9.53. The maximum Gasteiger partial charge on any atom is 0.126 e. The summed E-state index contributed by atoms with van der Waals surface area (Å²) in [5.41, 5.74) is 0.984. The molecule has 0 rings (SSSR count). The first-order chi connectivity index (χ1) is 5.81. The lowest BCUT2D eigenvalue weighted by molar-refractivity contribution is -0.873. The molecule has 0 spiro atoms. The Balaban J connectivity index is 0. The molecule has 0 heterocycles. The van der Waals surface area contributed by atoms with E-state index in [1.165, 1.54) is 0 Å². The van der Waals surface area contributed by atoms with Gasteiger partial charge in [-0.3, -0.25) is 0 Å². The standard InChI is InChI=1S/C10H22NO2.BrH/c1-9(2)7-13-8-10(12)6-11(3,4)5;/h10,12H,1,6-8H2,2-5H3;1H/q+1;/p-1. The van der Waals surface area contributed by atoms with E-state index in [4.69, 9.17) is 4.74 Å². The van der Waals surface area contributed by atoms with E-state index in [1.54, 1.807) is 0 Å². The van der Waals surface area contributed by atoms with E-state index in [2.05, 4.69) is 6.58 Å². The van der Waals surface area contributed by atoms with Gasteiger partial charge >= 0.3 is 0 Å². The Kier molecular flexibility index (Phi) is 8.73. The normalized spacial score (nSPS) is 13.2. The lowest BCUT2D eigenvalue weighted by Crippen LogP contribution is -3.00. The Hall–Kier alpha value is 0.100. The van der Waals surface area contributed by atoms with Crippen molar-refractivity contribution >= 4 is 0 Å². The summed E-state index contributed by atoms with van der Waals surface area (Å²) in [7, 11) is 6.13. The Morgan fingerprint density at radius 1 is 1.43 bits per heavy atom. The second-order valence-corrected chi connectivity index (χ2v) is 4.60. The molecule has 0 fully saturated rings. The zero-order valence-corrected chi connectivity index (χ0v) is 11.2. The number of ether oxygens (including phenoxy) is 1. The van der Waals surface area contributed by atoms with Gasteiger partial charge in [-0.2, -0.15) is 0 Å². The van der Waals surface area contributed by atoms with Crippen LogP contribution in [0.3, 0.4) is 0 Å². The van der Waals surface area contributed by atoms with E-state index in [0.29, 0.717) is 19.8 Å². The molecule has 1 unspecified atom stereocenters. The van der Waals surface area contributed by atoms with E-state index in [9.17, 15) is 5.11 Å². The van der Waals surface area contributed by atoms with Gasteiger partial charge in [-0.25, -0.2) is 0 Å². The fourth-order valence-electron chi connectivity index (χ4n) is 1.05. The minimum Gasteiger partial charge on any atom is -1.00 e. The fourth-order valence-corrected chi connectivity index (χ4v) is 1.05. The molecule has 0 aromatic heterocycles. The Morgan fingerprint density at radius 2 is 1.93 bits per heavy atom. The highest BCUT2D eigenvalue weighted by molar-refractivity contribution is 4.87. The van der Waals surface area contributed by atoms with Gasteiger partial charge < -0.3 is 31.3 Å². The number of nitrogens with zero attached hydrogens (tertiary/aromatic N) is 1. The monoisotopic (exact) mass is 267 g/mol. The zero-order chi connectivity index (χ0) is 10.5. The van der Waals surface area contributed by atoms with Gasteiger partial charge in [0.2, 0.25) is 0 Å². The van der Waals surface area contributed by atoms with Gasteiger partial charge in [0.05, 0.1) is 34.4 Å². The van der Waals surface area contributed by atoms with Crippen molar-refractivity contribution in [3.8, 4) is 0 Å². The van der Waals surface area contributed by atoms with Crippen LogP contribution in [0.15, 0.2) is 12.2 Å². The molecule has 14 heavy (non-hydrogen) atoms. The molecule has 1 atom stereocenters. The van der Waals surface area contributed by atoms with E-state index in [-0.39, 0.29) is 23.1 Å². The maximum atomic E-state index is 9.53. The summed E-state index contributed by atoms with van der Waals surface area (Å²) in [6.07, 6.45) is -0.389. The summed E-state index contributed by atoms with van der Waals surface area (Å²) in [6.45, 7) is 7.26. The van der Waals surface area contributed by atoms with Crippen LogP contribution in [0.25, 0.3) is 0 Å². The van der Waals surface area contributed by atoms with E-state index in [1.807, 2.05) is 28.1 Å². The molecular weight excluding hydrogens is 246 g/mol. The first-order valence-electron chi connectivity index (χ1n) is 4.52. The predicted molar refractivity (Wildman–Crippen MR) is 54.5 cm³/mol. The quantitative estimate of drug-likeness (QED) is 0.432. The number of halogens is 1. The lowest BCUT2D eigenvalue weighted by Gasteiger charge is -2.26. The summed E-state index contributed by atoms with van der Waals surface area (Å²) in [5.74, 6) is 0. The Morgan fingerprint density at radius 3 is 2.29 bits per heavy atom. The number of quaternary nitrogens is 1. The highest BCUT2D eigenvalue weighted by Gasteiger charge is 2.14. The zero-order valence-electron chi connectivity index (χ0n) is 9.59. The van der Waals surface area contributed by atoms with Crippen molar-refractivity contribution in [3.05, 3.63) is 12.2 Å². The third-order valence-electron chi connectivity index (χ3n) is 1.42. The van der Waals surface area contributed by atoms with Gasteiger partial charge in [-0.1, -0.05) is 12.2 Å². The number of hydrogen-bond donors (Lipinski definition) is 1. The highest BCUT2D eigenvalue weighted by Crippen LogP contribution is 1.97. The smallest absolute Gasteiger partial charge is 0.126 e. The number of rotatable bonds is 6. The van der Waals surface area contributed by atoms with Gasteiger partial charge in [0.15, 0.2) is 0 Å². The van der Waals surface area contributed by atoms with Crippen molar-refractivity contribution < 1.29 is 31.3 Å². The van der Waals surface area contributed by atoms with Gasteiger partial charge in [-0.15, -0.1) is 0 Å². The van der Waals surface area contributed by atoms with Crippen LogP contribution in [0.4, 0.5) is 0 Å². The van der Waals surface area contributed by atoms with Crippen molar-refractivity contribution in [2.24, 2.45) is 0 Å². The van der Waals surface area contributed by atoms with E-state index >= 15 is 0 Å². The van der Waals surface area contributed by atoms with Crippen molar-refractivity contribution in [2.45, 2.75) is 13.0 Å². The summed E-state index contributed by atoms with van der Waals surface area (Å²) in [6, 6.07) is 0. The molecule has 1 N–H and O–H groups in total. The van der Waals surface area contributed by atoms with Crippen LogP contribution in [0.1, 0.15) is 6.92 Å². The molecule has 4 heteroatoms. The largest absolute Gasteiger partial charge is 1.00 e. The third-order valence-corrected chi connectivity index (χ3v) is 1.42. The second-order valence-electron chi connectivity index (χ2n) is 4.60. The molecule has 86 valence electrons. The highest BCUT2D eigenvalue weighted by atomic mass is 79.9. The topological polar surface area (TPSA) is 29.5 Å². The van der Waals surface area contributed by atoms with Gasteiger partial charge in [0, 0.05) is 0 Å². The van der Waals surface area contributed by atoms with E-state index in [0.717, 1.165) is 10.1 Å². The fraction of sp³-hybridized carbons (Fsp3) is 0.800. The summed E-state index contributed by atoms with van der Waals surface area (Å²) in [5, 5.41) is 9.53. The van der Waals surface area contributed by atoms with Crippen LogP contribution < -0.4 is 17.0 Å². The number of likely N-dealkylation sites (N-methyl/N-ethyl adjacent to an activating group) is 1. The predicted octanol–water partition coefficient (Wildman–Crippen LogP) is -2.35. The Labute approximate surface area is 97.7 Å². The molecule has 0 bridgehead atoms. The van der Waals surface area contributed by atoms with Gasteiger partial charge in [-0.05, 0) is 6.92 Å². The first kappa shape index (κ1) is 16.5. The number of aliphatic hydroxyl groups is 1. The minimum absolute atomic E-state index is 0. The molecule has 3 nitrogen and oxygen atoms in total. The molecule has 0 radical (unpaired) electrons. The average molecular weight is 268 g/mol. The minimum atomic E-state index is -0.389. The molecule has 0 saturated carbocycles. The SMILES string of the molecule is C=C(C)COCC(O)C[N+](C)(C)C.[Br-]. The van der Waals surface area contributed by atoms with Gasteiger partial charge in [0.1, 0.15) is 12.6 Å². The second kappa shape index (κ2) is 7.40. The molecule has 0 aliphatic heterocycles. The Bertz CT molecular complexity index is 166. The molecule has 0 amide bonds. The summed E-state index contributed by atoms with van der Waals surface area (Å²) < 4.78 is 5.99. The van der Waals surface area contributed by atoms with Crippen molar-refractivity contribution in [3.63, 3.8) is 0 Å². The molecule has 0 aliphatic rings. The van der Waals surface area contributed by atoms with Crippen LogP contribution in [-0.2, 0) is 4.74 Å². The number of hydrogen-bond acceptors (Lipinski definition) is 2. The van der Waals surface area contributed by atoms with Crippen LogP contribution >= 0.6 is 0 Å².